The predicted molar refractivity (Wildman–Crippen MR) is 78.6 cm³/mol. The van der Waals surface area contributed by atoms with E-state index in [4.69, 9.17) is 4.74 Å². The SMILES string of the molecule is COc1ccc(C2Nc3ccccc3CC2C)c(F)c1. The number of fused-ring (bicyclic) bond motifs is 1. The Morgan fingerprint density at radius 2 is 2.00 bits per heavy atom. The molecule has 0 saturated carbocycles. The van der Waals surface area contributed by atoms with E-state index in [0.717, 1.165) is 12.1 Å². The number of ether oxygens (including phenoxy) is 1. The molecular weight excluding hydrogens is 253 g/mol. The van der Waals surface area contributed by atoms with Crippen LogP contribution in [-0.4, -0.2) is 7.11 Å². The molecule has 1 aliphatic rings. The second-order valence-electron chi connectivity index (χ2n) is 5.35. The summed E-state index contributed by atoms with van der Waals surface area (Å²) in [6.07, 6.45) is 0.958. The molecule has 2 atom stereocenters. The summed E-state index contributed by atoms with van der Waals surface area (Å²) in [4.78, 5) is 0. The first kappa shape index (κ1) is 13.0. The van der Waals surface area contributed by atoms with Crippen LogP contribution in [0.3, 0.4) is 0 Å². The van der Waals surface area contributed by atoms with E-state index in [1.165, 1.54) is 11.6 Å². The smallest absolute Gasteiger partial charge is 0.132 e. The van der Waals surface area contributed by atoms with Crippen LogP contribution < -0.4 is 10.1 Å². The monoisotopic (exact) mass is 271 g/mol. The number of methoxy groups -OCH3 is 1. The lowest BCUT2D eigenvalue weighted by Crippen LogP contribution is -2.26. The summed E-state index contributed by atoms with van der Waals surface area (Å²) >= 11 is 0. The Morgan fingerprint density at radius 1 is 1.20 bits per heavy atom. The zero-order valence-electron chi connectivity index (χ0n) is 11.7. The summed E-state index contributed by atoms with van der Waals surface area (Å²) in [7, 11) is 1.55. The molecule has 1 N–H and O–H groups in total. The highest BCUT2D eigenvalue weighted by Gasteiger charge is 2.27. The van der Waals surface area contributed by atoms with E-state index in [9.17, 15) is 4.39 Å². The molecule has 0 saturated heterocycles. The van der Waals surface area contributed by atoms with E-state index in [-0.39, 0.29) is 11.9 Å². The van der Waals surface area contributed by atoms with Crippen LogP contribution in [0.1, 0.15) is 24.1 Å². The van der Waals surface area contributed by atoms with Gasteiger partial charge in [0.25, 0.3) is 0 Å². The van der Waals surface area contributed by atoms with Crippen LogP contribution in [0.15, 0.2) is 42.5 Å². The van der Waals surface area contributed by atoms with Crippen LogP contribution in [0.2, 0.25) is 0 Å². The lowest BCUT2D eigenvalue weighted by Gasteiger charge is -2.33. The van der Waals surface area contributed by atoms with Gasteiger partial charge in [0, 0.05) is 17.3 Å². The van der Waals surface area contributed by atoms with Gasteiger partial charge in [-0.15, -0.1) is 0 Å². The lowest BCUT2D eigenvalue weighted by atomic mass is 9.84. The Labute approximate surface area is 118 Å². The van der Waals surface area contributed by atoms with Crippen molar-refractivity contribution in [2.24, 2.45) is 5.92 Å². The second-order valence-corrected chi connectivity index (χ2v) is 5.35. The zero-order chi connectivity index (χ0) is 14.1. The Morgan fingerprint density at radius 3 is 2.75 bits per heavy atom. The van der Waals surface area contributed by atoms with Gasteiger partial charge in [0.1, 0.15) is 11.6 Å². The van der Waals surface area contributed by atoms with Gasteiger partial charge in [0.05, 0.1) is 13.2 Å². The summed E-state index contributed by atoms with van der Waals surface area (Å²) < 4.78 is 19.3. The van der Waals surface area contributed by atoms with Gasteiger partial charge in [0.15, 0.2) is 0 Å². The largest absolute Gasteiger partial charge is 0.497 e. The number of hydrogen-bond donors (Lipinski definition) is 1. The Balaban J connectivity index is 1.95. The first-order chi connectivity index (χ1) is 9.69. The molecule has 0 bridgehead atoms. The first-order valence-electron chi connectivity index (χ1n) is 6.87. The maximum Gasteiger partial charge on any atom is 0.132 e. The van der Waals surface area contributed by atoms with Crippen molar-refractivity contribution in [3.8, 4) is 5.75 Å². The first-order valence-corrected chi connectivity index (χ1v) is 6.87. The molecule has 0 radical (unpaired) electrons. The number of para-hydroxylation sites is 1. The van der Waals surface area contributed by atoms with E-state index >= 15 is 0 Å². The number of benzene rings is 2. The summed E-state index contributed by atoms with van der Waals surface area (Å²) in [5.74, 6) is 0.677. The van der Waals surface area contributed by atoms with Crippen LogP contribution in [-0.2, 0) is 6.42 Å². The van der Waals surface area contributed by atoms with E-state index in [1.54, 1.807) is 7.11 Å². The van der Waals surface area contributed by atoms with Gasteiger partial charge in [-0.1, -0.05) is 31.2 Å². The Kier molecular flexibility index (Phi) is 3.35. The van der Waals surface area contributed by atoms with E-state index < -0.39 is 0 Å². The van der Waals surface area contributed by atoms with Gasteiger partial charge in [-0.2, -0.15) is 0 Å². The fourth-order valence-corrected chi connectivity index (χ4v) is 2.88. The molecule has 3 rings (SSSR count). The van der Waals surface area contributed by atoms with Gasteiger partial charge in [-0.3, -0.25) is 0 Å². The maximum absolute atomic E-state index is 14.3. The molecular formula is C17H18FNO. The van der Waals surface area contributed by atoms with E-state index in [2.05, 4.69) is 24.4 Å². The molecule has 0 spiro atoms. The summed E-state index contributed by atoms with van der Waals surface area (Å²) in [6, 6.07) is 13.3. The summed E-state index contributed by atoms with van der Waals surface area (Å²) in [5.41, 5.74) is 3.10. The molecule has 0 aromatic heterocycles. The minimum Gasteiger partial charge on any atom is -0.497 e. The molecule has 104 valence electrons. The highest BCUT2D eigenvalue weighted by atomic mass is 19.1. The van der Waals surface area contributed by atoms with E-state index in [1.807, 2.05) is 24.3 Å². The second kappa shape index (κ2) is 5.16. The highest BCUT2D eigenvalue weighted by molar-refractivity contribution is 5.55. The van der Waals surface area contributed by atoms with Crippen molar-refractivity contribution in [2.45, 2.75) is 19.4 Å². The van der Waals surface area contributed by atoms with Crippen molar-refractivity contribution in [3.63, 3.8) is 0 Å². The van der Waals surface area contributed by atoms with Crippen LogP contribution in [0.4, 0.5) is 10.1 Å². The normalized spacial score (nSPS) is 20.9. The Bertz CT molecular complexity index is 626. The van der Waals surface area contributed by atoms with Crippen LogP contribution in [0.25, 0.3) is 0 Å². The fraction of sp³-hybridized carbons (Fsp3) is 0.294. The van der Waals surface area contributed by atoms with Gasteiger partial charge < -0.3 is 10.1 Å². The van der Waals surface area contributed by atoms with Crippen LogP contribution in [0.5, 0.6) is 5.75 Å². The molecule has 3 heteroatoms. The molecule has 0 amide bonds. The number of rotatable bonds is 2. The third-order valence-corrected chi connectivity index (χ3v) is 3.98. The topological polar surface area (TPSA) is 21.3 Å². The van der Waals surface area contributed by atoms with Gasteiger partial charge in [-0.05, 0) is 30.0 Å². The average Bonchev–Trinajstić information content (AvgIpc) is 2.46. The van der Waals surface area contributed by atoms with Crippen molar-refractivity contribution < 1.29 is 9.13 Å². The van der Waals surface area contributed by atoms with Gasteiger partial charge in [0.2, 0.25) is 0 Å². The standard InChI is InChI=1S/C17H18FNO/c1-11-9-12-5-3-4-6-16(12)19-17(11)14-8-7-13(20-2)10-15(14)18/h3-8,10-11,17,19H,9H2,1-2H3. The molecule has 0 aliphatic carbocycles. The molecule has 20 heavy (non-hydrogen) atoms. The quantitative estimate of drug-likeness (QED) is 0.884. The van der Waals surface area contributed by atoms with Crippen LogP contribution in [0, 0.1) is 11.7 Å². The predicted octanol–water partition coefficient (Wildman–Crippen LogP) is 4.18. The molecule has 1 aliphatic heterocycles. The van der Waals surface area contributed by atoms with Gasteiger partial charge in [-0.25, -0.2) is 4.39 Å². The number of nitrogens with one attached hydrogen (secondary N) is 1. The van der Waals surface area contributed by atoms with Crippen molar-refractivity contribution in [1.29, 1.82) is 0 Å². The van der Waals surface area contributed by atoms with Crippen molar-refractivity contribution >= 4 is 5.69 Å². The number of anilines is 1. The van der Waals surface area contributed by atoms with Gasteiger partial charge >= 0.3 is 0 Å². The highest BCUT2D eigenvalue weighted by Crippen LogP contribution is 2.37. The molecule has 2 unspecified atom stereocenters. The lowest BCUT2D eigenvalue weighted by molar-refractivity contribution is 0.407. The minimum absolute atomic E-state index is 0.00388. The zero-order valence-corrected chi connectivity index (χ0v) is 11.7. The number of halogens is 1. The Hall–Kier alpha value is -2.03. The third-order valence-electron chi connectivity index (χ3n) is 3.98. The maximum atomic E-state index is 14.3. The average molecular weight is 271 g/mol. The molecule has 2 aromatic rings. The molecule has 0 fully saturated rings. The summed E-state index contributed by atoms with van der Waals surface area (Å²) in [6.45, 7) is 2.15. The third kappa shape index (κ3) is 2.24. The minimum atomic E-state index is -0.215. The number of hydrogen-bond acceptors (Lipinski definition) is 2. The van der Waals surface area contributed by atoms with E-state index in [0.29, 0.717) is 17.2 Å². The summed E-state index contributed by atoms with van der Waals surface area (Å²) in [5, 5.41) is 3.46. The molecule has 2 aromatic carbocycles. The molecule has 1 heterocycles. The van der Waals surface area contributed by atoms with Crippen molar-refractivity contribution in [1.82, 2.24) is 0 Å². The van der Waals surface area contributed by atoms with Crippen LogP contribution >= 0.6 is 0 Å². The van der Waals surface area contributed by atoms with Crippen molar-refractivity contribution in [3.05, 3.63) is 59.4 Å². The van der Waals surface area contributed by atoms with Crippen molar-refractivity contribution in [2.75, 3.05) is 12.4 Å². The fourth-order valence-electron chi connectivity index (χ4n) is 2.88. The molecule has 2 nitrogen and oxygen atoms in total.